The summed E-state index contributed by atoms with van der Waals surface area (Å²) in [5.41, 5.74) is -0.414. The summed E-state index contributed by atoms with van der Waals surface area (Å²) in [6.07, 6.45) is -0.0195. The number of nitrogens with one attached hydrogen (secondary N) is 2. The highest BCUT2D eigenvalue weighted by Crippen LogP contribution is 2.34. The van der Waals surface area contributed by atoms with Crippen molar-refractivity contribution in [1.29, 1.82) is 0 Å². The summed E-state index contributed by atoms with van der Waals surface area (Å²) in [5.74, 6) is -2.09. The number of halogens is 2. The lowest BCUT2D eigenvalue weighted by Crippen LogP contribution is -2.34. The molecule has 0 aliphatic rings. The number of benzene rings is 2. The average Bonchev–Trinajstić information content (AvgIpc) is 2.71. The molecule has 166 valence electrons. The highest BCUT2D eigenvalue weighted by molar-refractivity contribution is 7.92. The molecule has 0 radical (unpaired) electrons. The van der Waals surface area contributed by atoms with Gasteiger partial charge < -0.3 is 20.9 Å². The molecule has 31 heavy (non-hydrogen) atoms. The molecule has 2 amide bonds. The molecule has 12 heteroatoms. The zero-order valence-corrected chi connectivity index (χ0v) is 18.7. The molecule has 0 aliphatic carbocycles. The van der Waals surface area contributed by atoms with Crippen LogP contribution in [0.25, 0.3) is 0 Å². The number of hydrogen-bond donors (Lipinski definition) is 4. The van der Waals surface area contributed by atoms with Crippen LogP contribution >= 0.6 is 23.2 Å². The first-order valence-corrected chi connectivity index (χ1v) is 11.1. The van der Waals surface area contributed by atoms with Crippen molar-refractivity contribution < 1.29 is 28.3 Å². The van der Waals surface area contributed by atoms with Gasteiger partial charge in [-0.25, -0.2) is 8.42 Å². The van der Waals surface area contributed by atoms with Gasteiger partial charge in [0, 0.05) is 11.1 Å². The first kappa shape index (κ1) is 24.4. The van der Waals surface area contributed by atoms with Crippen molar-refractivity contribution in [3.8, 4) is 5.75 Å². The maximum atomic E-state index is 12.9. The summed E-state index contributed by atoms with van der Waals surface area (Å²) < 4.78 is 25.7. The highest BCUT2D eigenvalue weighted by atomic mass is 35.5. The quantitative estimate of drug-likeness (QED) is 0.203. The fraction of sp³-hybridized carbons (Fsp3) is 0.211. The van der Waals surface area contributed by atoms with E-state index in [4.69, 9.17) is 28.4 Å². The SMILES string of the molecule is CCC(C(=O)Nc1cc(O)c(NC(=O)C(C)=NO)cc1Cl)S(=O)(=O)c1ccc(Cl)cc1. The van der Waals surface area contributed by atoms with Crippen LogP contribution in [0.15, 0.2) is 46.4 Å². The zero-order valence-electron chi connectivity index (χ0n) is 16.4. The number of carbonyl (C=O) groups excluding carboxylic acids is 2. The molecule has 2 aromatic carbocycles. The number of carbonyl (C=O) groups is 2. The van der Waals surface area contributed by atoms with Crippen molar-refractivity contribution in [2.24, 2.45) is 5.16 Å². The van der Waals surface area contributed by atoms with Gasteiger partial charge in [0.1, 0.15) is 16.7 Å². The minimum Gasteiger partial charge on any atom is -0.506 e. The summed E-state index contributed by atoms with van der Waals surface area (Å²) in [7, 11) is -4.02. The predicted molar refractivity (Wildman–Crippen MR) is 118 cm³/mol. The largest absolute Gasteiger partial charge is 0.506 e. The van der Waals surface area contributed by atoms with E-state index in [1.807, 2.05) is 0 Å². The first-order chi connectivity index (χ1) is 14.5. The van der Waals surface area contributed by atoms with E-state index in [9.17, 15) is 23.1 Å². The number of amides is 2. The molecular formula is C19H19Cl2N3O6S. The summed E-state index contributed by atoms with van der Waals surface area (Å²) in [4.78, 5) is 24.4. The topological polar surface area (TPSA) is 145 Å². The standard InChI is InChI=1S/C19H19Cl2N3O6S/c1-3-17(31(29,30)12-6-4-11(20)5-7-12)19(27)22-14-9-16(25)15(8-13(14)21)23-18(26)10(2)24-28/h4-9,17,25,28H,3H2,1-2H3,(H,22,27)(H,23,26). The van der Waals surface area contributed by atoms with Crippen LogP contribution in [0.1, 0.15) is 20.3 Å². The number of rotatable bonds is 7. The zero-order chi connectivity index (χ0) is 23.3. The van der Waals surface area contributed by atoms with Crippen LogP contribution in [0.4, 0.5) is 11.4 Å². The molecule has 0 heterocycles. The monoisotopic (exact) mass is 487 g/mol. The van der Waals surface area contributed by atoms with Gasteiger partial charge in [-0.1, -0.05) is 35.3 Å². The van der Waals surface area contributed by atoms with Gasteiger partial charge in [0.05, 0.1) is 21.3 Å². The van der Waals surface area contributed by atoms with E-state index in [2.05, 4.69) is 15.8 Å². The lowest BCUT2D eigenvalue weighted by molar-refractivity contribution is -0.116. The van der Waals surface area contributed by atoms with E-state index in [-0.39, 0.29) is 33.4 Å². The van der Waals surface area contributed by atoms with Crippen molar-refractivity contribution in [3.05, 3.63) is 46.4 Å². The maximum absolute atomic E-state index is 12.9. The van der Waals surface area contributed by atoms with Crippen LogP contribution < -0.4 is 10.6 Å². The molecule has 0 saturated heterocycles. The number of hydrogen-bond acceptors (Lipinski definition) is 7. The van der Waals surface area contributed by atoms with Gasteiger partial charge in [0.25, 0.3) is 5.91 Å². The summed E-state index contributed by atoms with van der Waals surface area (Å²) in [6.45, 7) is 2.79. The first-order valence-electron chi connectivity index (χ1n) is 8.84. The third-order valence-corrected chi connectivity index (χ3v) is 7.04. The highest BCUT2D eigenvalue weighted by Gasteiger charge is 2.33. The van der Waals surface area contributed by atoms with Crippen LogP contribution in [0.2, 0.25) is 10.0 Å². The number of anilines is 2. The van der Waals surface area contributed by atoms with Gasteiger partial charge in [-0.05, 0) is 43.7 Å². The molecule has 2 rings (SSSR count). The van der Waals surface area contributed by atoms with Crippen LogP contribution in [0, 0.1) is 0 Å². The number of oxime groups is 1. The molecule has 0 saturated carbocycles. The third kappa shape index (κ3) is 5.66. The van der Waals surface area contributed by atoms with E-state index >= 15 is 0 Å². The van der Waals surface area contributed by atoms with E-state index in [0.29, 0.717) is 5.02 Å². The Morgan fingerprint density at radius 1 is 1.10 bits per heavy atom. The smallest absolute Gasteiger partial charge is 0.273 e. The molecule has 1 atom stereocenters. The van der Waals surface area contributed by atoms with Gasteiger partial charge in [-0.2, -0.15) is 0 Å². The van der Waals surface area contributed by atoms with E-state index in [1.165, 1.54) is 31.2 Å². The Morgan fingerprint density at radius 3 is 2.26 bits per heavy atom. The van der Waals surface area contributed by atoms with E-state index < -0.39 is 32.7 Å². The predicted octanol–water partition coefficient (Wildman–Crippen LogP) is 3.68. The number of sulfone groups is 1. The second-order valence-corrected chi connectivity index (χ2v) is 9.35. The van der Waals surface area contributed by atoms with E-state index in [0.717, 1.165) is 12.1 Å². The van der Waals surface area contributed by atoms with Gasteiger partial charge in [0.2, 0.25) is 5.91 Å². The fourth-order valence-corrected chi connectivity index (χ4v) is 4.52. The molecule has 4 N–H and O–H groups in total. The Labute approximate surface area is 188 Å². The van der Waals surface area contributed by atoms with Crippen LogP contribution in [0.3, 0.4) is 0 Å². The molecule has 0 spiro atoms. The lowest BCUT2D eigenvalue weighted by Gasteiger charge is -2.17. The summed E-state index contributed by atoms with van der Waals surface area (Å²) >= 11 is 11.9. The van der Waals surface area contributed by atoms with Crippen LogP contribution in [0.5, 0.6) is 5.75 Å². The third-order valence-electron chi connectivity index (χ3n) is 4.25. The molecular weight excluding hydrogens is 469 g/mol. The van der Waals surface area contributed by atoms with Gasteiger partial charge in [-0.3, -0.25) is 9.59 Å². The van der Waals surface area contributed by atoms with Crippen LogP contribution in [-0.2, 0) is 19.4 Å². The summed E-state index contributed by atoms with van der Waals surface area (Å²) in [6, 6.07) is 7.64. The summed E-state index contributed by atoms with van der Waals surface area (Å²) in [5, 5.41) is 25.0. The van der Waals surface area contributed by atoms with Crippen molar-refractivity contribution in [3.63, 3.8) is 0 Å². The molecule has 0 aromatic heterocycles. The normalized spacial score (nSPS) is 12.8. The Bertz CT molecular complexity index is 1130. The lowest BCUT2D eigenvalue weighted by atomic mass is 10.2. The minimum absolute atomic E-state index is 0.0195. The maximum Gasteiger partial charge on any atom is 0.273 e. The Morgan fingerprint density at radius 2 is 1.71 bits per heavy atom. The molecule has 0 aliphatic heterocycles. The van der Waals surface area contributed by atoms with Crippen molar-refractivity contribution in [2.45, 2.75) is 30.4 Å². The fourth-order valence-electron chi connectivity index (χ4n) is 2.56. The van der Waals surface area contributed by atoms with Gasteiger partial charge in [0.15, 0.2) is 9.84 Å². The van der Waals surface area contributed by atoms with Crippen molar-refractivity contribution in [1.82, 2.24) is 0 Å². The number of nitrogens with zero attached hydrogens (tertiary/aromatic N) is 1. The second-order valence-electron chi connectivity index (χ2n) is 6.37. The van der Waals surface area contributed by atoms with Crippen molar-refractivity contribution in [2.75, 3.05) is 10.6 Å². The Hall–Kier alpha value is -2.82. The average molecular weight is 488 g/mol. The molecule has 0 bridgehead atoms. The molecule has 0 fully saturated rings. The van der Waals surface area contributed by atoms with E-state index in [1.54, 1.807) is 6.92 Å². The van der Waals surface area contributed by atoms with Crippen molar-refractivity contribution >= 4 is 61.9 Å². The number of aromatic hydroxyl groups is 1. The minimum atomic E-state index is -4.02. The van der Waals surface area contributed by atoms with Gasteiger partial charge >= 0.3 is 0 Å². The molecule has 2 aromatic rings. The number of phenolic OH excluding ortho intramolecular Hbond substituents is 1. The molecule has 9 nitrogen and oxygen atoms in total. The Balaban J connectivity index is 2.28. The van der Waals surface area contributed by atoms with Gasteiger partial charge in [-0.15, -0.1) is 0 Å². The second kappa shape index (κ2) is 9.99. The molecule has 1 unspecified atom stereocenters. The Kier molecular flexibility index (Phi) is 7.88. The van der Waals surface area contributed by atoms with Crippen LogP contribution in [-0.4, -0.2) is 41.5 Å². The number of phenols is 1.